The zero-order chi connectivity index (χ0) is 15.5. The van der Waals surface area contributed by atoms with Gasteiger partial charge in [-0.05, 0) is 27.7 Å². The van der Waals surface area contributed by atoms with E-state index in [9.17, 15) is 9.59 Å². The van der Waals surface area contributed by atoms with Crippen LogP contribution in [0.4, 0.5) is 0 Å². The molecule has 0 aromatic carbocycles. The predicted molar refractivity (Wildman–Crippen MR) is 76.0 cm³/mol. The van der Waals surface area contributed by atoms with Crippen molar-refractivity contribution in [3.63, 3.8) is 0 Å². The van der Waals surface area contributed by atoms with E-state index in [4.69, 9.17) is 4.74 Å². The van der Waals surface area contributed by atoms with Crippen LogP contribution < -0.4 is 0 Å². The Labute approximate surface area is 117 Å². The quantitative estimate of drug-likeness (QED) is 0.699. The highest BCUT2D eigenvalue weighted by Crippen LogP contribution is 1.81. The number of hydrogen-bond donors (Lipinski definition) is 0. The van der Waals surface area contributed by atoms with Gasteiger partial charge in [-0.15, -0.1) is 0 Å². The van der Waals surface area contributed by atoms with E-state index in [1.54, 1.807) is 27.7 Å². The Balaban J connectivity index is -0.000000206. The lowest BCUT2D eigenvalue weighted by Crippen LogP contribution is -2.00. The van der Waals surface area contributed by atoms with E-state index >= 15 is 0 Å². The van der Waals surface area contributed by atoms with Gasteiger partial charge in [0.2, 0.25) is 0 Å². The molecule has 0 aromatic rings. The number of ether oxygens (including phenoxy) is 3. The summed E-state index contributed by atoms with van der Waals surface area (Å²) in [6.07, 6.45) is 0.960. The van der Waals surface area contributed by atoms with Crippen LogP contribution >= 0.6 is 0 Å². The molecule has 0 heterocycles. The molecule has 0 fully saturated rings. The summed E-state index contributed by atoms with van der Waals surface area (Å²) in [6.45, 7) is 13.8. The van der Waals surface area contributed by atoms with E-state index in [0.717, 1.165) is 13.2 Å². The maximum atomic E-state index is 10.2. The third-order valence-electron chi connectivity index (χ3n) is 1.60. The molecule has 0 saturated carbocycles. The predicted octanol–water partition coefficient (Wildman–Crippen LogP) is 2.96. The molecule has 5 nitrogen and oxygen atoms in total. The molecule has 0 radical (unpaired) electrons. The van der Waals surface area contributed by atoms with E-state index in [0.29, 0.717) is 26.1 Å². The average molecular weight is 278 g/mol. The van der Waals surface area contributed by atoms with Crippen molar-refractivity contribution >= 4 is 11.9 Å². The van der Waals surface area contributed by atoms with Crippen LogP contribution in [0.15, 0.2) is 0 Å². The van der Waals surface area contributed by atoms with Crippen LogP contribution in [0.5, 0.6) is 0 Å². The molecular weight excluding hydrogens is 248 g/mol. The number of hydrogen-bond acceptors (Lipinski definition) is 5. The summed E-state index contributed by atoms with van der Waals surface area (Å²) in [4.78, 5) is 20.4. The first kappa shape index (κ1) is 23.0. The molecule has 0 aliphatic carbocycles. The van der Waals surface area contributed by atoms with Crippen LogP contribution in [0.1, 0.15) is 54.4 Å². The van der Waals surface area contributed by atoms with Gasteiger partial charge in [-0.25, -0.2) is 0 Å². The van der Waals surface area contributed by atoms with Gasteiger partial charge in [0, 0.05) is 26.1 Å². The van der Waals surface area contributed by atoms with Gasteiger partial charge in [-0.2, -0.15) is 0 Å². The van der Waals surface area contributed by atoms with Crippen molar-refractivity contribution in [3.8, 4) is 0 Å². The zero-order valence-corrected chi connectivity index (χ0v) is 13.3. The van der Waals surface area contributed by atoms with Crippen LogP contribution in [0.25, 0.3) is 0 Å². The highest BCUT2D eigenvalue weighted by Gasteiger charge is 1.91. The fourth-order valence-corrected chi connectivity index (χ4v) is 0.730. The third kappa shape index (κ3) is 31.6. The number of carbonyl (C=O) groups is 2. The summed E-state index contributed by atoms with van der Waals surface area (Å²) < 4.78 is 13.9. The topological polar surface area (TPSA) is 61.8 Å². The molecule has 0 saturated heterocycles. The third-order valence-corrected chi connectivity index (χ3v) is 1.60. The largest absolute Gasteiger partial charge is 0.466 e. The van der Waals surface area contributed by atoms with Crippen molar-refractivity contribution in [1.82, 2.24) is 0 Å². The summed E-state index contributed by atoms with van der Waals surface area (Å²) in [6, 6.07) is 0. The Morgan fingerprint density at radius 2 is 0.947 bits per heavy atom. The second kappa shape index (κ2) is 22.1. The Hall–Kier alpha value is -1.10. The van der Waals surface area contributed by atoms with Gasteiger partial charge in [0.1, 0.15) is 0 Å². The fraction of sp³-hybridized carbons (Fsp3) is 0.857. The molecule has 0 rings (SSSR count). The second-order valence-electron chi connectivity index (χ2n) is 3.10. The molecule has 0 aliphatic rings. The minimum atomic E-state index is -0.123. The van der Waals surface area contributed by atoms with Crippen molar-refractivity contribution in [2.45, 2.75) is 54.4 Å². The Bertz CT molecular complexity index is 172. The maximum Gasteiger partial charge on any atom is 0.305 e. The number of rotatable bonds is 6. The molecule has 0 bridgehead atoms. The first-order valence-corrected chi connectivity index (χ1v) is 6.92. The Kier molecular flexibility index (Phi) is 26.8. The summed E-state index contributed by atoms with van der Waals surface area (Å²) in [5, 5.41) is 0. The van der Waals surface area contributed by atoms with E-state index < -0.39 is 0 Å². The summed E-state index contributed by atoms with van der Waals surface area (Å²) >= 11 is 0. The summed E-state index contributed by atoms with van der Waals surface area (Å²) in [7, 11) is 0. The molecule has 116 valence electrons. The molecule has 0 amide bonds. The lowest BCUT2D eigenvalue weighted by Gasteiger charge is -1.93. The van der Waals surface area contributed by atoms with Gasteiger partial charge in [0.15, 0.2) is 0 Å². The Morgan fingerprint density at radius 1 is 0.632 bits per heavy atom. The van der Waals surface area contributed by atoms with E-state index in [1.807, 2.05) is 13.8 Å². The van der Waals surface area contributed by atoms with Crippen molar-refractivity contribution in [1.29, 1.82) is 0 Å². The minimum absolute atomic E-state index is 0.123. The van der Waals surface area contributed by atoms with Gasteiger partial charge in [-0.3, -0.25) is 9.59 Å². The summed E-state index contributed by atoms with van der Waals surface area (Å²) in [5.74, 6) is -0.245. The molecule has 0 atom stereocenters. The molecule has 5 heteroatoms. The van der Waals surface area contributed by atoms with Gasteiger partial charge in [0.25, 0.3) is 0 Å². The molecule has 0 aromatic heterocycles. The molecule has 0 unspecified atom stereocenters. The van der Waals surface area contributed by atoms with E-state index in [2.05, 4.69) is 9.47 Å². The first-order chi connectivity index (χ1) is 9.03. The van der Waals surface area contributed by atoms with Gasteiger partial charge in [-0.1, -0.05) is 13.8 Å². The highest BCUT2D eigenvalue weighted by atomic mass is 16.5. The molecule has 0 N–H and O–H groups in total. The second-order valence-corrected chi connectivity index (χ2v) is 3.10. The normalized spacial score (nSPS) is 8.32. The van der Waals surface area contributed by atoms with Gasteiger partial charge < -0.3 is 14.2 Å². The number of carbonyl (C=O) groups excluding carboxylic acids is 2. The monoisotopic (exact) mass is 278 g/mol. The number of esters is 2. The average Bonchev–Trinajstić information content (AvgIpc) is 2.41. The lowest BCUT2D eigenvalue weighted by molar-refractivity contribution is -0.143. The van der Waals surface area contributed by atoms with Crippen molar-refractivity contribution in [3.05, 3.63) is 0 Å². The smallest absolute Gasteiger partial charge is 0.305 e. The first-order valence-electron chi connectivity index (χ1n) is 6.92. The molecule has 0 spiro atoms. The minimum Gasteiger partial charge on any atom is -0.466 e. The van der Waals surface area contributed by atoms with Crippen LogP contribution in [-0.4, -0.2) is 38.4 Å². The van der Waals surface area contributed by atoms with Crippen LogP contribution in [0.3, 0.4) is 0 Å². The Morgan fingerprint density at radius 3 is 1.00 bits per heavy atom. The van der Waals surface area contributed by atoms with Gasteiger partial charge >= 0.3 is 11.9 Å². The SMILES string of the molecule is CCOC(=O)CC.CCOC(=O)CC.CCOCC. The van der Waals surface area contributed by atoms with Crippen LogP contribution in [0.2, 0.25) is 0 Å². The maximum absolute atomic E-state index is 10.2. The standard InChI is InChI=1S/2C5H10O2.C4H10O/c2*1-3-5(6)7-4-2;1-3-5-4-2/h2*3-4H2,1-2H3;3-4H2,1-2H3. The molecular formula is C14H30O5. The van der Waals surface area contributed by atoms with E-state index in [1.165, 1.54) is 0 Å². The van der Waals surface area contributed by atoms with Gasteiger partial charge in [0.05, 0.1) is 13.2 Å². The van der Waals surface area contributed by atoms with E-state index in [-0.39, 0.29) is 11.9 Å². The highest BCUT2D eigenvalue weighted by molar-refractivity contribution is 5.69. The van der Waals surface area contributed by atoms with Crippen LogP contribution in [0, 0.1) is 0 Å². The van der Waals surface area contributed by atoms with Crippen LogP contribution in [-0.2, 0) is 23.8 Å². The molecule has 0 aliphatic heterocycles. The fourth-order valence-electron chi connectivity index (χ4n) is 0.730. The van der Waals surface area contributed by atoms with Crippen molar-refractivity contribution < 1.29 is 23.8 Å². The lowest BCUT2D eigenvalue weighted by atomic mass is 10.5. The van der Waals surface area contributed by atoms with Crippen molar-refractivity contribution in [2.24, 2.45) is 0 Å². The molecule has 19 heavy (non-hydrogen) atoms. The van der Waals surface area contributed by atoms with Crippen molar-refractivity contribution in [2.75, 3.05) is 26.4 Å². The zero-order valence-electron chi connectivity index (χ0n) is 13.3. The summed E-state index contributed by atoms with van der Waals surface area (Å²) in [5.41, 5.74) is 0.